The fourth-order valence-electron chi connectivity index (χ4n) is 3.33. The van der Waals surface area contributed by atoms with Crippen LogP contribution in [0, 0.1) is 38.2 Å². The van der Waals surface area contributed by atoms with Crippen LogP contribution in [0.4, 0.5) is 22.0 Å². The fourth-order valence-corrected chi connectivity index (χ4v) is 3.33. The summed E-state index contributed by atoms with van der Waals surface area (Å²) < 4.78 is 75.2. The first-order valence-electron chi connectivity index (χ1n) is 8.48. The highest BCUT2D eigenvalue weighted by Crippen LogP contribution is 2.38. The van der Waals surface area contributed by atoms with Gasteiger partial charge in [0.25, 0.3) is 0 Å². The number of rotatable bonds is 4. The van der Waals surface area contributed by atoms with Crippen LogP contribution in [0.15, 0.2) is 48.5 Å². The van der Waals surface area contributed by atoms with Gasteiger partial charge in [0.2, 0.25) is 0 Å². The van der Waals surface area contributed by atoms with Gasteiger partial charge in [-0.1, -0.05) is 17.7 Å². The Morgan fingerprint density at radius 1 is 0.750 bits per heavy atom. The Kier molecular flexibility index (Phi) is 5.15. The summed E-state index contributed by atoms with van der Waals surface area (Å²) >= 11 is 0. The summed E-state index contributed by atoms with van der Waals surface area (Å²) in [6, 6.07) is 9.14. The van der Waals surface area contributed by atoms with Crippen LogP contribution in [0.2, 0.25) is 0 Å². The minimum absolute atomic E-state index is 0.159. The predicted molar refractivity (Wildman–Crippen MR) is 96.9 cm³/mol. The molecule has 0 aliphatic carbocycles. The summed E-state index contributed by atoms with van der Waals surface area (Å²) in [5, 5.41) is 0. The maximum Gasteiger partial charge on any atom is 0.432 e. The highest BCUT2D eigenvalue weighted by Gasteiger charge is 2.41. The zero-order chi connectivity index (χ0) is 20.6. The second kappa shape index (κ2) is 7.26. The lowest BCUT2D eigenvalue weighted by atomic mass is 9.93. The van der Waals surface area contributed by atoms with Crippen molar-refractivity contribution in [3.63, 3.8) is 0 Å². The SMILES string of the molecule is Cc1cc(C)c(-c2cc(F)c(C(F)(F)Oc3ccc(F)cc3)c(F)c2)c(C)c1. The molecule has 0 saturated heterocycles. The minimum Gasteiger partial charge on any atom is -0.429 e. The van der Waals surface area contributed by atoms with E-state index in [1.807, 2.05) is 19.1 Å². The van der Waals surface area contributed by atoms with Gasteiger partial charge in [-0.15, -0.1) is 0 Å². The van der Waals surface area contributed by atoms with Gasteiger partial charge >= 0.3 is 6.11 Å². The summed E-state index contributed by atoms with van der Waals surface area (Å²) in [6.07, 6.45) is -4.28. The zero-order valence-electron chi connectivity index (χ0n) is 15.4. The predicted octanol–water partition coefficient (Wildman–Crippen LogP) is 6.82. The van der Waals surface area contributed by atoms with Crippen molar-refractivity contribution in [2.75, 3.05) is 0 Å². The van der Waals surface area contributed by atoms with E-state index in [2.05, 4.69) is 4.74 Å². The summed E-state index contributed by atoms with van der Waals surface area (Å²) in [4.78, 5) is 0. The largest absolute Gasteiger partial charge is 0.432 e. The molecule has 0 bridgehead atoms. The van der Waals surface area contributed by atoms with Gasteiger partial charge < -0.3 is 4.74 Å². The average Bonchev–Trinajstić information content (AvgIpc) is 2.55. The number of halogens is 5. The lowest BCUT2D eigenvalue weighted by molar-refractivity contribution is -0.189. The van der Waals surface area contributed by atoms with Crippen LogP contribution in [0.1, 0.15) is 22.3 Å². The van der Waals surface area contributed by atoms with E-state index in [0.717, 1.165) is 53.1 Å². The minimum atomic E-state index is -4.28. The molecule has 6 heteroatoms. The molecule has 0 saturated carbocycles. The van der Waals surface area contributed by atoms with Crippen molar-refractivity contribution >= 4 is 0 Å². The number of hydrogen-bond acceptors (Lipinski definition) is 1. The first kappa shape index (κ1) is 19.9. The number of hydrogen-bond donors (Lipinski definition) is 0. The Balaban J connectivity index is 2.04. The third-order valence-corrected chi connectivity index (χ3v) is 4.36. The maximum atomic E-state index is 14.5. The van der Waals surface area contributed by atoms with Crippen LogP contribution < -0.4 is 4.74 Å². The van der Waals surface area contributed by atoms with Crippen LogP contribution in [-0.4, -0.2) is 0 Å². The molecule has 0 N–H and O–H groups in total. The quantitative estimate of drug-likeness (QED) is 0.443. The average molecular weight is 392 g/mol. The van der Waals surface area contributed by atoms with E-state index in [1.54, 1.807) is 13.8 Å². The Labute approximate surface area is 159 Å². The molecule has 3 rings (SSSR count). The van der Waals surface area contributed by atoms with Crippen molar-refractivity contribution in [1.82, 2.24) is 0 Å². The number of ether oxygens (including phenoxy) is 1. The molecule has 0 atom stereocenters. The molecule has 0 aliphatic heterocycles. The van der Waals surface area contributed by atoms with Crippen LogP contribution in [0.5, 0.6) is 5.75 Å². The summed E-state index contributed by atoms with van der Waals surface area (Å²) in [5.41, 5.74) is 1.78. The van der Waals surface area contributed by atoms with E-state index in [0.29, 0.717) is 5.56 Å². The van der Waals surface area contributed by atoms with Gasteiger partial charge in [-0.25, -0.2) is 13.2 Å². The van der Waals surface area contributed by atoms with E-state index in [9.17, 15) is 22.0 Å². The van der Waals surface area contributed by atoms with E-state index >= 15 is 0 Å². The first-order chi connectivity index (χ1) is 13.1. The van der Waals surface area contributed by atoms with Crippen molar-refractivity contribution in [2.45, 2.75) is 26.9 Å². The highest BCUT2D eigenvalue weighted by molar-refractivity contribution is 5.71. The van der Waals surface area contributed by atoms with Gasteiger partial charge in [-0.2, -0.15) is 8.78 Å². The molecular formula is C22H17F5O. The Morgan fingerprint density at radius 2 is 1.25 bits per heavy atom. The second-order valence-electron chi connectivity index (χ2n) is 6.66. The highest BCUT2D eigenvalue weighted by atomic mass is 19.3. The third kappa shape index (κ3) is 3.86. The molecule has 146 valence electrons. The van der Waals surface area contributed by atoms with E-state index in [1.165, 1.54) is 0 Å². The maximum absolute atomic E-state index is 14.5. The summed E-state index contributed by atoms with van der Waals surface area (Å²) in [5.74, 6) is -3.93. The molecule has 3 aromatic rings. The molecular weight excluding hydrogens is 375 g/mol. The number of aryl methyl sites for hydroxylation is 3. The van der Waals surface area contributed by atoms with Crippen LogP contribution >= 0.6 is 0 Å². The molecule has 0 amide bonds. The molecule has 0 aromatic heterocycles. The molecule has 0 aliphatic rings. The molecule has 1 nitrogen and oxygen atoms in total. The molecule has 0 heterocycles. The van der Waals surface area contributed by atoms with Crippen molar-refractivity contribution in [2.24, 2.45) is 0 Å². The van der Waals surface area contributed by atoms with Gasteiger partial charge in [0.05, 0.1) is 0 Å². The van der Waals surface area contributed by atoms with E-state index in [4.69, 9.17) is 0 Å². The van der Waals surface area contributed by atoms with Crippen molar-refractivity contribution in [3.8, 4) is 16.9 Å². The summed E-state index contributed by atoms with van der Waals surface area (Å²) in [6.45, 7) is 5.46. The van der Waals surface area contributed by atoms with Crippen LogP contribution in [0.25, 0.3) is 11.1 Å². The normalized spacial score (nSPS) is 11.6. The lowest BCUT2D eigenvalue weighted by Gasteiger charge is -2.20. The Bertz CT molecular complexity index is 980. The lowest BCUT2D eigenvalue weighted by Crippen LogP contribution is -2.25. The standard InChI is InChI=1S/C22H17F5O/c1-12-8-13(2)20(14(3)9-12)15-10-18(24)21(19(25)11-15)22(26,27)28-17-6-4-16(23)5-7-17/h4-11H,1-3H3. The van der Waals surface area contributed by atoms with Gasteiger partial charge in [0, 0.05) is 0 Å². The molecule has 0 fully saturated rings. The van der Waals surface area contributed by atoms with Gasteiger partial charge in [0.1, 0.15) is 28.8 Å². The molecule has 28 heavy (non-hydrogen) atoms. The van der Waals surface area contributed by atoms with Gasteiger partial charge in [-0.05, 0) is 79.4 Å². The van der Waals surface area contributed by atoms with Crippen molar-refractivity contribution in [1.29, 1.82) is 0 Å². The first-order valence-corrected chi connectivity index (χ1v) is 8.48. The molecule has 0 unspecified atom stereocenters. The topological polar surface area (TPSA) is 9.23 Å². The van der Waals surface area contributed by atoms with E-state index < -0.39 is 34.9 Å². The second-order valence-corrected chi connectivity index (χ2v) is 6.66. The third-order valence-electron chi connectivity index (χ3n) is 4.36. The molecule has 0 radical (unpaired) electrons. The van der Waals surface area contributed by atoms with Crippen LogP contribution in [-0.2, 0) is 6.11 Å². The Hall–Kier alpha value is -2.89. The number of alkyl halides is 2. The summed E-state index contributed by atoms with van der Waals surface area (Å²) in [7, 11) is 0. The smallest absolute Gasteiger partial charge is 0.429 e. The van der Waals surface area contributed by atoms with Crippen molar-refractivity contribution < 1.29 is 26.7 Å². The van der Waals surface area contributed by atoms with Gasteiger partial charge in [0.15, 0.2) is 0 Å². The Morgan fingerprint density at radius 3 is 1.75 bits per heavy atom. The van der Waals surface area contributed by atoms with Crippen molar-refractivity contribution in [3.05, 3.63) is 88.2 Å². The fraction of sp³-hybridized carbons (Fsp3) is 0.182. The molecule has 0 spiro atoms. The van der Waals surface area contributed by atoms with E-state index in [-0.39, 0.29) is 5.56 Å². The van der Waals surface area contributed by atoms with Gasteiger partial charge in [-0.3, -0.25) is 0 Å². The number of benzene rings is 3. The van der Waals surface area contributed by atoms with Crippen LogP contribution in [0.3, 0.4) is 0 Å². The monoisotopic (exact) mass is 392 g/mol. The zero-order valence-corrected chi connectivity index (χ0v) is 15.4. The molecule has 3 aromatic carbocycles.